The van der Waals surface area contributed by atoms with Crippen molar-refractivity contribution in [3.8, 4) is 11.5 Å². The van der Waals surface area contributed by atoms with E-state index in [1.165, 1.54) is 0 Å². The molecule has 1 aliphatic rings. The number of halogens is 4. The summed E-state index contributed by atoms with van der Waals surface area (Å²) in [5.74, 6) is 0.748. The van der Waals surface area contributed by atoms with Crippen molar-refractivity contribution in [2.24, 2.45) is 0 Å². The van der Waals surface area contributed by atoms with Gasteiger partial charge in [-0.3, -0.25) is 4.68 Å². The summed E-state index contributed by atoms with van der Waals surface area (Å²) in [7, 11) is 1.86. The van der Waals surface area contributed by atoms with Gasteiger partial charge in [0.25, 0.3) is 0 Å². The van der Waals surface area contributed by atoms with Crippen molar-refractivity contribution in [2.45, 2.75) is 64.2 Å². The number of likely N-dealkylation sites (tertiary alicyclic amines) is 1. The Kier molecular flexibility index (Phi) is 7.27. The molecule has 10 nitrogen and oxygen atoms in total. The minimum absolute atomic E-state index is 0.0116. The standard InChI is InChI=1S/C29H33F4N9O/c1-28(2,3)42-14-18-21(38-42)8-10-34-26(18)35-13-25-37-27(39-43-25)24-12-17-20(36-22-9-11-40(4)15-19(22)30)6-5-7-23(17)41(24)16-29(31,32)33/h5-8,10,12,14,19,22,36H,9,11,13,15-16H2,1-4H3,(H,34,35)/t19-,22+/m0/s1. The van der Waals surface area contributed by atoms with Gasteiger partial charge < -0.3 is 24.6 Å². The van der Waals surface area contributed by atoms with Gasteiger partial charge in [-0.25, -0.2) is 9.37 Å². The molecular formula is C29H33F4N9O. The Morgan fingerprint density at radius 2 is 1.93 bits per heavy atom. The van der Waals surface area contributed by atoms with Gasteiger partial charge in [-0.2, -0.15) is 23.3 Å². The molecule has 2 atom stereocenters. The fourth-order valence-electron chi connectivity index (χ4n) is 5.38. The van der Waals surface area contributed by atoms with Crippen LogP contribution in [0.25, 0.3) is 33.3 Å². The van der Waals surface area contributed by atoms with Gasteiger partial charge in [0, 0.05) is 36.6 Å². The van der Waals surface area contributed by atoms with E-state index in [-0.39, 0.29) is 36.0 Å². The van der Waals surface area contributed by atoms with Crippen molar-refractivity contribution in [1.82, 2.24) is 34.4 Å². The number of hydrogen-bond donors (Lipinski definition) is 2. The number of aromatic nitrogens is 6. The van der Waals surface area contributed by atoms with E-state index in [1.807, 2.05) is 49.7 Å². The quantitative estimate of drug-likeness (QED) is 0.226. The average molecular weight is 600 g/mol. The highest BCUT2D eigenvalue weighted by atomic mass is 19.4. The molecule has 5 aromatic rings. The van der Waals surface area contributed by atoms with Gasteiger partial charge in [-0.05, 0) is 58.5 Å². The van der Waals surface area contributed by atoms with Gasteiger partial charge in [0.05, 0.1) is 40.2 Å². The van der Waals surface area contributed by atoms with Crippen molar-refractivity contribution < 1.29 is 22.1 Å². The van der Waals surface area contributed by atoms with Gasteiger partial charge in [0.1, 0.15) is 18.5 Å². The van der Waals surface area contributed by atoms with Crippen LogP contribution >= 0.6 is 0 Å². The molecule has 5 heterocycles. The van der Waals surface area contributed by atoms with Crippen LogP contribution in [0.1, 0.15) is 33.1 Å². The highest BCUT2D eigenvalue weighted by molar-refractivity contribution is 5.96. The highest BCUT2D eigenvalue weighted by Gasteiger charge is 2.32. The Morgan fingerprint density at radius 1 is 1.12 bits per heavy atom. The predicted octanol–water partition coefficient (Wildman–Crippen LogP) is 5.82. The summed E-state index contributed by atoms with van der Waals surface area (Å²) in [6.45, 7) is 5.99. The zero-order valence-corrected chi connectivity index (χ0v) is 24.3. The first-order chi connectivity index (χ1) is 20.4. The fraction of sp³-hybridized carbons (Fsp3) is 0.448. The topological polar surface area (TPSA) is 102 Å². The molecule has 0 spiro atoms. The Morgan fingerprint density at radius 3 is 2.67 bits per heavy atom. The van der Waals surface area contributed by atoms with Gasteiger partial charge in [0.2, 0.25) is 11.7 Å². The maximum atomic E-state index is 14.8. The third kappa shape index (κ3) is 6.01. The molecule has 0 bridgehead atoms. The molecule has 43 heavy (non-hydrogen) atoms. The van der Waals surface area contributed by atoms with Crippen LogP contribution in [0.5, 0.6) is 0 Å². The lowest BCUT2D eigenvalue weighted by Crippen LogP contribution is -2.46. The second kappa shape index (κ2) is 10.8. The Bertz CT molecular complexity index is 1750. The summed E-state index contributed by atoms with van der Waals surface area (Å²) in [6, 6.07) is 7.96. The van der Waals surface area contributed by atoms with E-state index in [9.17, 15) is 17.6 Å². The van der Waals surface area contributed by atoms with Gasteiger partial charge in [0.15, 0.2) is 0 Å². The third-order valence-corrected chi connectivity index (χ3v) is 7.59. The number of fused-ring (bicyclic) bond motifs is 2. The minimum atomic E-state index is -4.50. The van der Waals surface area contributed by atoms with Crippen LogP contribution in [-0.2, 0) is 18.6 Å². The molecule has 1 saturated heterocycles. The molecule has 0 aliphatic carbocycles. The number of nitrogens with zero attached hydrogens (tertiary/aromatic N) is 7. The molecule has 2 N–H and O–H groups in total. The van der Waals surface area contributed by atoms with Crippen LogP contribution in [0.3, 0.4) is 0 Å². The van der Waals surface area contributed by atoms with Gasteiger partial charge in [-0.1, -0.05) is 11.2 Å². The number of nitrogens with one attached hydrogen (secondary N) is 2. The highest BCUT2D eigenvalue weighted by Crippen LogP contribution is 2.35. The number of hydrogen-bond acceptors (Lipinski definition) is 8. The van der Waals surface area contributed by atoms with Crippen LogP contribution < -0.4 is 10.6 Å². The first kappa shape index (κ1) is 28.9. The lowest BCUT2D eigenvalue weighted by atomic mass is 10.0. The first-order valence-electron chi connectivity index (χ1n) is 14.1. The van der Waals surface area contributed by atoms with Gasteiger partial charge in [-0.15, -0.1) is 0 Å². The maximum absolute atomic E-state index is 14.8. The largest absolute Gasteiger partial charge is 0.406 e. The molecule has 0 radical (unpaired) electrons. The van der Waals surface area contributed by atoms with E-state index in [1.54, 1.807) is 30.5 Å². The summed E-state index contributed by atoms with van der Waals surface area (Å²) in [6.07, 6.45) is -1.49. The average Bonchev–Trinajstić information content (AvgIpc) is 3.66. The Hall–Kier alpha value is -4.20. The number of benzene rings is 1. The summed E-state index contributed by atoms with van der Waals surface area (Å²) in [4.78, 5) is 10.7. The molecule has 0 unspecified atom stereocenters. The molecule has 0 saturated carbocycles. The van der Waals surface area contributed by atoms with Crippen molar-refractivity contribution in [2.75, 3.05) is 30.8 Å². The fourth-order valence-corrected chi connectivity index (χ4v) is 5.38. The summed E-state index contributed by atoms with van der Waals surface area (Å²) >= 11 is 0. The van der Waals surface area contributed by atoms with E-state index in [0.29, 0.717) is 28.8 Å². The minimum Gasteiger partial charge on any atom is -0.379 e. The molecule has 6 rings (SSSR count). The summed E-state index contributed by atoms with van der Waals surface area (Å²) in [5, 5.41) is 16.4. The molecule has 1 aliphatic heterocycles. The molecule has 228 valence electrons. The van der Waals surface area contributed by atoms with Crippen LogP contribution in [0.2, 0.25) is 0 Å². The maximum Gasteiger partial charge on any atom is 0.406 e. The number of alkyl halides is 4. The smallest absolute Gasteiger partial charge is 0.379 e. The van der Waals surface area contributed by atoms with Gasteiger partial charge >= 0.3 is 6.18 Å². The molecule has 14 heteroatoms. The lowest BCUT2D eigenvalue weighted by Gasteiger charge is -2.33. The first-order valence-corrected chi connectivity index (χ1v) is 14.1. The van der Waals surface area contributed by atoms with Crippen LogP contribution in [0.4, 0.5) is 29.1 Å². The van der Waals surface area contributed by atoms with E-state index < -0.39 is 24.9 Å². The Labute approximate surface area is 245 Å². The summed E-state index contributed by atoms with van der Waals surface area (Å²) in [5.41, 5.74) is 1.57. The molecule has 4 aromatic heterocycles. The van der Waals surface area contributed by atoms with Crippen LogP contribution in [-0.4, -0.2) is 72.9 Å². The second-order valence-electron chi connectivity index (χ2n) is 12.0. The van der Waals surface area contributed by atoms with Crippen molar-refractivity contribution >= 4 is 33.3 Å². The van der Waals surface area contributed by atoms with Crippen molar-refractivity contribution in [1.29, 1.82) is 0 Å². The molecule has 1 fully saturated rings. The monoisotopic (exact) mass is 599 g/mol. The van der Waals surface area contributed by atoms with Crippen LogP contribution in [0, 0.1) is 0 Å². The number of rotatable bonds is 7. The zero-order valence-electron chi connectivity index (χ0n) is 24.3. The van der Waals surface area contributed by atoms with E-state index in [4.69, 9.17) is 4.52 Å². The van der Waals surface area contributed by atoms with E-state index in [0.717, 1.165) is 22.0 Å². The van der Waals surface area contributed by atoms with Crippen molar-refractivity contribution in [3.63, 3.8) is 0 Å². The number of piperidine rings is 1. The summed E-state index contributed by atoms with van der Waals surface area (Å²) < 4.78 is 64.4. The van der Waals surface area contributed by atoms with E-state index >= 15 is 0 Å². The predicted molar refractivity (Wildman–Crippen MR) is 156 cm³/mol. The molecule has 0 amide bonds. The van der Waals surface area contributed by atoms with Crippen molar-refractivity contribution in [3.05, 3.63) is 48.6 Å². The third-order valence-electron chi connectivity index (χ3n) is 7.59. The zero-order chi connectivity index (χ0) is 30.5. The second-order valence-corrected chi connectivity index (χ2v) is 12.0. The number of anilines is 2. The SMILES string of the molecule is CN1CC[C@@H](Nc2cccc3c2cc(-c2noc(CNc4nccc5nn(C(C)(C)C)cc45)n2)n3CC(F)(F)F)[C@@H](F)C1. The molecule has 1 aromatic carbocycles. The van der Waals surface area contributed by atoms with Crippen LogP contribution in [0.15, 0.2) is 47.2 Å². The molecular weight excluding hydrogens is 566 g/mol. The van der Waals surface area contributed by atoms with E-state index in [2.05, 4.69) is 30.9 Å². The lowest BCUT2D eigenvalue weighted by molar-refractivity contribution is -0.139. The Balaban J connectivity index is 1.29. The number of pyridine rings is 1. The normalized spacial score (nSPS) is 18.5.